The highest BCUT2D eigenvalue weighted by molar-refractivity contribution is 8.04. The Kier molecular flexibility index (Phi) is 2.67. The quantitative estimate of drug-likeness (QED) is 0.628. The van der Waals surface area contributed by atoms with E-state index in [1.54, 1.807) is 0 Å². The number of thiol groups is 1. The number of rotatable bonds is 1. The summed E-state index contributed by atoms with van der Waals surface area (Å²) in [5, 5.41) is 0.525. The molecule has 0 radical (unpaired) electrons. The molecule has 0 atom stereocenters. The fraction of sp³-hybridized carbons (Fsp3) is 1.00. The van der Waals surface area contributed by atoms with E-state index in [-0.39, 0.29) is 4.75 Å². The molecular formula is C10H22OS. The van der Waals surface area contributed by atoms with Crippen molar-refractivity contribution in [1.29, 1.82) is 0 Å². The fourth-order valence-electron chi connectivity index (χ4n) is 1.94. The van der Waals surface area contributed by atoms with Gasteiger partial charge in [-0.3, -0.25) is 4.21 Å². The third-order valence-electron chi connectivity index (χ3n) is 3.35. The van der Waals surface area contributed by atoms with E-state index >= 15 is 0 Å². The Hall–Kier alpha value is 0.150. The van der Waals surface area contributed by atoms with Gasteiger partial charge >= 0.3 is 0 Å². The molecule has 2 heteroatoms. The minimum absolute atomic E-state index is 0.0159. The van der Waals surface area contributed by atoms with E-state index in [4.69, 9.17) is 0 Å². The van der Waals surface area contributed by atoms with Crippen LogP contribution < -0.4 is 0 Å². The van der Waals surface area contributed by atoms with E-state index in [0.717, 1.165) is 0 Å². The number of hydrogen-bond donors (Lipinski definition) is 1. The largest absolute Gasteiger partial charge is 0.284 e. The molecular weight excluding hydrogens is 168 g/mol. The van der Waals surface area contributed by atoms with Gasteiger partial charge in [0.05, 0.1) is 0 Å². The zero-order chi connectivity index (χ0) is 9.41. The lowest BCUT2D eigenvalue weighted by molar-refractivity contribution is 0.618. The summed E-state index contributed by atoms with van der Waals surface area (Å²) < 4.78 is 12.5. The summed E-state index contributed by atoms with van der Waals surface area (Å²) in [4.78, 5) is 0. The summed E-state index contributed by atoms with van der Waals surface area (Å²) in [5.74, 6) is 0. The second-order valence-electron chi connectivity index (χ2n) is 5.10. The second kappa shape index (κ2) is 3.13. The highest BCUT2D eigenvalue weighted by atomic mass is 32.2. The molecule has 0 bridgehead atoms. The van der Waals surface area contributed by atoms with Crippen LogP contribution in [-0.2, 0) is 9.93 Å². The smallest absolute Gasteiger partial charge is 0.0154 e. The molecule has 0 N–H and O–H groups in total. The van der Waals surface area contributed by atoms with Gasteiger partial charge in [-0.15, -0.1) is 0 Å². The van der Waals surface area contributed by atoms with Crippen molar-refractivity contribution >= 4 is 9.93 Å². The van der Waals surface area contributed by atoms with Crippen molar-refractivity contribution in [3.63, 3.8) is 0 Å². The van der Waals surface area contributed by atoms with Crippen molar-refractivity contribution in [3.8, 4) is 0 Å². The van der Waals surface area contributed by atoms with Gasteiger partial charge in [0.1, 0.15) is 0 Å². The summed E-state index contributed by atoms with van der Waals surface area (Å²) in [6.07, 6.45) is 6.98. The van der Waals surface area contributed by atoms with Gasteiger partial charge in [0.25, 0.3) is 0 Å². The van der Waals surface area contributed by atoms with Crippen molar-refractivity contribution in [3.05, 3.63) is 0 Å². The summed E-state index contributed by atoms with van der Waals surface area (Å²) in [6.45, 7) is 6.35. The van der Waals surface area contributed by atoms with Gasteiger partial charge in [-0.05, 0) is 19.1 Å². The predicted molar refractivity (Wildman–Crippen MR) is 57.5 cm³/mol. The van der Waals surface area contributed by atoms with Crippen LogP contribution in [0, 0.1) is 0 Å². The van der Waals surface area contributed by atoms with Gasteiger partial charge in [0.15, 0.2) is 0 Å². The van der Waals surface area contributed by atoms with Crippen molar-refractivity contribution in [2.45, 2.75) is 56.5 Å². The van der Waals surface area contributed by atoms with Crippen LogP contribution in [0.3, 0.4) is 0 Å². The van der Waals surface area contributed by atoms with Crippen LogP contribution in [0.15, 0.2) is 0 Å². The molecule has 0 aromatic rings. The summed E-state index contributed by atoms with van der Waals surface area (Å²) in [5.41, 5.74) is 0. The lowest BCUT2D eigenvalue weighted by atomic mass is 10.3. The Labute approximate surface area is 77.4 Å². The molecule has 0 heterocycles. The van der Waals surface area contributed by atoms with E-state index < -0.39 is 9.93 Å². The molecule has 1 fully saturated rings. The van der Waals surface area contributed by atoms with Crippen LogP contribution >= 0.6 is 0 Å². The van der Waals surface area contributed by atoms with Gasteiger partial charge < -0.3 is 0 Å². The molecule has 1 rings (SSSR count). The summed E-state index contributed by atoms with van der Waals surface area (Å²) >= 11 is 0. The maximum absolute atomic E-state index is 12.4. The monoisotopic (exact) mass is 190 g/mol. The van der Waals surface area contributed by atoms with E-state index in [1.165, 1.54) is 25.7 Å². The minimum atomic E-state index is -1.92. The molecule has 1 nitrogen and oxygen atoms in total. The summed E-state index contributed by atoms with van der Waals surface area (Å²) in [7, 11) is -1.92. The Morgan fingerprint density at radius 1 is 1.17 bits per heavy atom. The zero-order valence-corrected chi connectivity index (χ0v) is 9.66. The zero-order valence-electron chi connectivity index (χ0n) is 8.76. The highest BCUT2D eigenvalue weighted by Gasteiger charge is 2.35. The SMILES string of the molecule is CC(C)(C)[SH](C)(=O)C1CCCC1. The van der Waals surface area contributed by atoms with E-state index in [9.17, 15) is 4.21 Å². The van der Waals surface area contributed by atoms with Crippen LogP contribution in [0.5, 0.6) is 0 Å². The lowest BCUT2D eigenvalue weighted by Crippen LogP contribution is -2.41. The molecule has 0 spiro atoms. The standard InChI is InChI=1S/C10H22OS/c1-10(2,3)12(4,11)9-7-5-6-8-9/h9,12H,5-8H2,1-4H3. The Morgan fingerprint density at radius 3 is 1.92 bits per heavy atom. The molecule has 1 saturated carbocycles. The van der Waals surface area contributed by atoms with E-state index in [0.29, 0.717) is 5.25 Å². The number of hydrogen-bond acceptors (Lipinski definition) is 1. The van der Waals surface area contributed by atoms with Gasteiger partial charge in [0, 0.05) is 10.00 Å². The van der Waals surface area contributed by atoms with Crippen LogP contribution in [0.2, 0.25) is 0 Å². The van der Waals surface area contributed by atoms with Crippen LogP contribution in [-0.4, -0.2) is 20.5 Å². The third-order valence-corrected chi connectivity index (χ3v) is 7.93. The van der Waals surface area contributed by atoms with Crippen molar-refractivity contribution in [2.75, 3.05) is 6.26 Å². The molecule has 0 aromatic heterocycles. The molecule has 0 aromatic carbocycles. The Morgan fingerprint density at radius 2 is 1.58 bits per heavy atom. The Bertz CT molecular complexity index is 196. The maximum Gasteiger partial charge on any atom is 0.0154 e. The van der Waals surface area contributed by atoms with Gasteiger partial charge in [-0.25, -0.2) is 0 Å². The van der Waals surface area contributed by atoms with Crippen molar-refractivity contribution in [2.24, 2.45) is 0 Å². The van der Waals surface area contributed by atoms with E-state index in [2.05, 4.69) is 20.8 Å². The maximum atomic E-state index is 12.4. The molecule has 0 amide bonds. The molecule has 0 saturated heterocycles. The molecule has 1 aliphatic carbocycles. The lowest BCUT2D eigenvalue weighted by Gasteiger charge is -2.38. The molecule has 12 heavy (non-hydrogen) atoms. The van der Waals surface area contributed by atoms with E-state index in [1.807, 2.05) is 6.26 Å². The first-order chi connectivity index (χ1) is 5.36. The van der Waals surface area contributed by atoms with Gasteiger partial charge in [0.2, 0.25) is 0 Å². The topological polar surface area (TPSA) is 17.1 Å². The molecule has 0 unspecified atom stereocenters. The molecule has 1 aliphatic rings. The average Bonchev–Trinajstić information content (AvgIpc) is 2.34. The normalized spacial score (nSPS) is 23.0. The first-order valence-electron chi connectivity index (χ1n) is 4.93. The second-order valence-corrected chi connectivity index (χ2v) is 9.15. The van der Waals surface area contributed by atoms with Gasteiger partial charge in [-0.2, -0.15) is 0 Å². The summed E-state index contributed by atoms with van der Waals surface area (Å²) in [6, 6.07) is 0. The van der Waals surface area contributed by atoms with Crippen molar-refractivity contribution < 1.29 is 4.21 Å². The van der Waals surface area contributed by atoms with Gasteiger partial charge in [-0.1, -0.05) is 43.5 Å². The van der Waals surface area contributed by atoms with Crippen LogP contribution in [0.4, 0.5) is 0 Å². The first-order valence-corrected chi connectivity index (χ1v) is 7.15. The minimum Gasteiger partial charge on any atom is -0.284 e. The highest BCUT2D eigenvalue weighted by Crippen LogP contribution is 2.35. The average molecular weight is 190 g/mol. The molecule has 0 aliphatic heterocycles. The first kappa shape index (κ1) is 10.2. The van der Waals surface area contributed by atoms with Crippen molar-refractivity contribution in [1.82, 2.24) is 0 Å². The predicted octanol–water partition coefficient (Wildman–Crippen LogP) is 2.37. The molecule has 74 valence electrons. The fourth-order valence-corrected chi connectivity index (χ4v) is 4.39. The van der Waals surface area contributed by atoms with Crippen LogP contribution in [0.25, 0.3) is 0 Å². The van der Waals surface area contributed by atoms with Crippen LogP contribution in [0.1, 0.15) is 46.5 Å². The Balaban J connectivity index is 2.77. The third kappa shape index (κ3) is 1.73.